The van der Waals surface area contributed by atoms with Crippen LogP contribution < -0.4 is 9.56 Å². The number of hydrogen-bond donors (Lipinski definition) is 3. The highest BCUT2D eigenvalue weighted by Gasteiger charge is 2.09. The molecule has 142 valence electrons. The Hall–Kier alpha value is -3.44. The fraction of sp³-hybridized carbons (Fsp3) is 0.100. The van der Waals surface area contributed by atoms with Crippen molar-refractivity contribution >= 4 is 29.6 Å². The van der Waals surface area contributed by atoms with Crippen LogP contribution in [0.3, 0.4) is 0 Å². The highest BCUT2D eigenvalue weighted by Crippen LogP contribution is 2.23. The van der Waals surface area contributed by atoms with E-state index >= 15 is 0 Å². The Labute approximate surface area is 166 Å². The Morgan fingerprint density at radius 3 is 2.89 bits per heavy atom. The van der Waals surface area contributed by atoms with Gasteiger partial charge in [0.15, 0.2) is 5.82 Å². The molecule has 3 aromatic rings. The van der Waals surface area contributed by atoms with Crippen LogP contribution in [0, 0.1) is 23.1 Å². The summed E-state index contributed by atoms with van der Waals surface area (Å²) in [4.78, 5) is 13.4. The molecule has 0 fully saturated rings. The fourth-order valence-electron chi connectivity index (χ4n) is 2.31. The van der Waals surface area contributed by atoms with Gasteiger partial charge in [-0.15, -0.1) is 0 Å². The molecule has 0 aliphatic heterocycles. The largest absolute Gasteiger partial charge is 0.416 e. The van der Waals surface area contributed by atoms with Crippen molar-refractivity contribution in [2.75, 3.05) is 11.8 Å². The first-order valence-corrected chi connectivity index (χ1v) is 9.10. The lowest BCUT2D eigenvalue weighted by atomic mass is 10.2. The molecule has 0 saturated heterocycles. The lowest BCUT2D eigenvalue weighted by molar-refractivity contribution is 0.173. The standard InChI is InChI=1S/C20H18FN5OS/c1-3-4-16-12-23-19(24-16)10-9-18(22)14-11-20(26(13-14)27-2)25-28-17-7-5-15(21)6-8-17/h5-13,22,25H,1-2H3,(H,23,24)/b10-9-,22-18?. The summed E-state index contributed by atoms with van der Waals surface area (Å²) >= 11 is 1.32. The number of aromatic nitrogens is 3. The number of allylic oxidation sites excluding steroid dienone is 1. The second-order valence-corrected chi connectivity index (χ2v) is 6.46. The number of H-pyrrole nitrogens is 1. The Balaban J connectivity index is 1.69. The van der Waals surface area contributed by atoms with Crippen LogP contribution >= 0.6 is 11.9 Å². The molecule has 3 rings (SSSR count). The van der Waals surface area contributed by atoms with Crippen molar-refractivity contribution in [2.24, 2.45) is 0 Å². The molecule has 1 aromatic carbocycles. The first-order valence-electron chi connectivity index (χ1n) is 8.29. The summed E-state index contributed by atoms with van der Waals surface area (Å²) < 4.78 is 17.7. The summed E-state index contributed by atoms with van der Waals surface area (Å²) in [5, 5.41) is 8.27. The third-order valence-electron chi connectivity index (χ3n) is 3.64. The molecule has 28 heavy (non-hydrogen) atoms. The van der Waals surface area contributed by atoms with Gasteiger partial charge in [-0.05, 0) is 67.3 Å². The summed E-state index contributed by atoms with van der Waals surface area (Å²) in [5.41, 5.74) is 1.69. The third kappa shape index (κ3) is 4.84. The average Bonchev–Trinajstić information content (AvgIpc) is 3.32. The minimum absolute atomic E-state index is 0.280. The molecule has 2 aromatic heterocycles. The summed E-state index contributed by atoms with van der Waals surface area (Å²) in [7, 11) is 1.54. The lowest BCUT2D eigenvalue weighted by Gasteiger charge is -2.08. The van der Waals surface area contributed by atoms with E-state index in [4.69, 9.17) is 10.2 Å². The van der Waals surface area contributed by atoms with Crippen molar-refractivity contribution < 1.29 is 9.23 Å². The molecule has 0 atom stereocenters. The van der Waals surface area contributed by atoms with Crippen molar-refractivity contribution in [1.29, 1.82) is 5.41 Å². The molecule has 0 aliphatic carbocycles. The number of anilines is 1. The van der Waals surface area contributed by atoms with Gasteiger partial charge in [0.1, 0.15) is 24.4 Å². The van der Waals surface area contributed by atoms with Gasteiger partial charge in [-0.3, -0.25) is 0 Å². The zero-order valence-corrected chi connectivity index (χ0v) is 16.1. The topological polar surface area (TPSA) is 78.7 Å². The van der Waals surface area contributed by atoms with E-state index in [0.717, 1.165) is 10.6 Å². The van der Waals surface area contributed by atoms with Gasteiger partial charge in [0.2, 0.25) is 0 Å². The molecule has 0 spiro atoms. The maximum absolute atomic E-state index is 13.0. The predicted octanol–water partition coefficient (Wildman–Crippen LogP) is 3.98. The van der Waals surface area contributed by atoms with E-state index in [-0.39, 0.29) is 5.82 Å². The molecule has 0 radical (unpaired) electrons. The Morgan fingerprint density at radius 1 is 1.39 bits per heavy atom. The SMILES string of the molecule is CC#Cc1cnc(/C=C\C(=N)c2cc(NSc3ccc(F)cc3)n(OC)c2)[nH]1. The van der Waals surface area contributed by atoms with Crippen LogP contribution in [0.15, 0.2) is 53.7 Å². The maximum Gasteiger partial charge on any atom is 0.153 e. The highest BCUT2D eigenvalue weighted by molar-refractivity contribution is 8.00. The molecule has 3 N–H and O–H groups in total. The second kappa shape index (κ2) is 8.97. The molecular weight excluding hydrogens is 377 g/mol. The van der Waals surface area contributed by atoms with Gasteiger partial charge in [0, 0.05) is 10.5 Å². The third-order valence-corrected chi connectivity index (χ3v) is 4.46. The van der Waals surface area contributed by atoms with Gasteiger partial charge in [-0.2, -0.15) is 4.73 Å². The molecule has 0 bridgehead atoms. The van der Waals surface area contributed by atoms with Crippen LogP contribution in [0.25, 0.3) is 6.08 Å². The predicted molar refractivity (Wildman–Crippen MR) is 110 cm³/mol. The van der Waals surface area contributed by atoms with Crippen LogP contribution in [0.4, 0.5) is 10.2 Å². The zero-order valence-electron chi connectivity index (χ0n) is 15.3. The Kier molecular flexibility index (Phi) is 6.19. The van der Waals surface area contributed by atoms with Crippen molar-refractivity contribution in [3.8, 4) is 11.8 Å². The van der Waals surface area contributed by atoms with Crippen molar-refractivity contribution in [3.05, 3.63) is 71.7 Å². The van der Waals surface area contributed by atoms with Gasteiger partial charge in [0.25, 0.3) is 0 Å². The second-order valence-electron chi connectivity index (χ2n) is 5.58. The van der Waals surface area contributed by atoms with Gasteiger partial charge < -0.3 is 20.0 Å². The number of aromatic amines is 1. The summed E-state index contributed by atoms with van der Waals surface area (Å²) in [6, 6.07) is 7.95. The maximum atomic E-state index is 13.0. The van der Waals surface area contributed by atoms with Crippen molar-refractivity contribution in [2.45, 2.75) is 11.8 Å². The van der Waals surface area contributed by atoms with Crippen LogP contribution in [0.1, 0.15) is 24.0 Å². The number of nitrogens with one attached hydrogen (secondary N) is 3. The van der Waals surface area contributed by atoms with Gasteiger partial charge in [0.05, 0.1) is 18.1 Å². The molecule has 0 saturated carbocycles. The van der Waals surface area contributed by atoms with Crippen molar-refractivity contribution in [3.63, 3.8) is 0 Å². The number of imidazole rings is 1. The van der Waals surface area contributed by atoms with E-state index in [1.807, 2.05) is 0 Å². The number of nitrogens with zero attached hydrogens (tertiary/aromatic N) is 2. The summed E-state index contributed by atoms with van der Waals surface area (Å²) in [6.07, 6.45) is 6.72. The molecule has 0 aliphatic rings. The number of benzene rings is 1. The normalized spacial score (nSPS) is 10.5. The van der Waals surface area contributed by atoms with Crippen LogP contribution in [0.5, 0.6) is 0 Å². The van der Waals surface area contributed by atoms with E-state index in [9.17, 15) is 4.39 Å². The summed E-state index contributed by atoms with van der Waals surface area (Å²) in [6.45, 7) is 1.76. The van der Waals surface area contributed by atoms with E-state index < -0.39 is 0 Å². The van der Waals surface area contributed by atoms with E-state index in [0.29, 0.717) is 22.9 Å². The van der Waals surface area contributed by atoms with E-state index in [1.165, 1.54) is 35.9 Å². The first-order chi connectivity index (χ1) is 13.6. The quantitative estimate of drug-likeness (QED) is 0.321. The number of halogens is 1. The van der Waals surface area contributed by atoms with Gasteiger partial charge in [-0.25, -0.2) is 9.37 Å². The zero-order chi connectivity index (χ0) is 19.9. The fourth-order valence-corrected chi connectivity index (χ4v) is 2.95. The molecule has 0 amide bonds. The van der Waals surface area contributed by atoms with Crippen molar-refractivity contribution in [1.82, 2.24) is 14.7 Å². The highest BCUT2D eigenvalue weighted by atomic mass is 32.2. The number of rotatable bonds is 7. The van der Waals surface area contributed by atoms with E-state index in [1.54, 1.807) is 49.7 Å². The number of hydrogen-bond acceptors (Lipinski definition) is 5. The Bertz CT molecular complexity index is 1060. The van der Waals surface area contributed by atoms with Crippen LogP contribution in [-0.4, -0.2) is 27.5 Å². The molecule has 0 unspecified atom stereocenters. The first kappa shape index (κ1) is 19.3. The molecule has 6 nitrogen and oxygen atoms in total. The smallest absolute Gasteiger partial charge is 0.153 e. The summed E-state index contributed by atoms with van der Waals surface area (Å²) in [5.74, 6) is 6.69. The van der Waals surface area contributed by atoms with Gasteiger partial charge in [-0.1, -0.05) is 5.92 Å². The lowest BCUT2D eigenvalue weighted by Crippen LogP contribution is -2.06. The molecular formula is C20H18FN5OS. The van der Waals surface area contributed by atoms with E-state index in [2.05, 4.69) is 26.5 Å². The molecule has 2 heterocycles. The van der Waals surface area contributed by atoms with Gasteiger partial charge >= 0.3 is 0 Å². The van der Waals surface area contributed by atoms with Crippen LogP contribution in [-0.2, 0) is 0 Å². The Morgan fingerprint density at radius 2 is 2.18 bits per heavy atom. The minimum Gasteiger partial charge on any atom is -0.416 e. The van der Waals surface area contributed by atoms with Crippen LogP contribution in [0.2, 0.25) is 0 Å². The molecule has 8 heteroatoms. The average molecular weight is 395 g/mol. The minimum atomic E-state index is -0.280. The monoisotopic (exact) mass is 395 g/mol.